The van der Waals surface area contributed by atoms with Crippen LogP contribution in [0, 0.1) is 5.82 Å². The molecule has 3 aromatic rings. The summed E-state index contributed by atoms with van der Waals surface area (Å²) in [5, 5.41) is 5.73. The molecule has 0 amide bonds. The lowest BCUT2D eigenvalue weighted by Gasteiger charge is -2.03. The summed E-state index contributed by atoms with van der Waals surface area (Å²) >= 11 is 0. The lowest BCUT2D eigenvalue weighted by molar-refractivity contribution is -0.677. The van der Waals surface area contributed by atoms with Crippen LogP contribution in [0.5, 0.6) is 0 Å². The minimum absolute atomic E-state index is 0.213. The van der Waals surface area contributed by atoms with Gasteiger partial charge in [-0.15, -0.1) is 0 Å². The second-order valence-corrected chi connectivity index (χ2v) is 5.12. The molecule has 0 aliphatic carbocycles. The molecule has 0 unspecified atom stereocenters. The normalized spacial score (nSPS) is 10.8. The van der Waals surface area contributed by atoms with Gasteiger partial charge in [-0.1, -0.05) is 36.4 Å². The first-order valence-electron chi connectivity index (χ1n) is 7.37. The van der Waals surface area contributed by atoms with Crippen molar-refractivity contribution < 1.29 is 13.6 Å². The van der Waals surface area contributed by atoms with Crippen LogP contribution in [0.25, 0.3) is 5.69 Å². The molecule has 0 spiro atoms. The van der Waals surface area contributed by atoms with Crippen molar-refractivity contribution >= 4 is 0 Å². The second-order valence-electron chi connectivity index (χ2n) is 5.12. The molecule has 118 valence electrons. The van der Waals surface area contributed by atoms with E-state index >= 15 is 0 Å². The van der Waals surface area contributed by atoms with Gasteiger partial charge >= 0.3 is 11.3 Å². The first-order valence-corrected chi connectivity index (χ1v) is 7.37. The van der Waals surface area contributed by atoms with Crippen molar-refractivity contribution in [1.29, 1.82) is 0 Å². The number of hydrogen-bond acceptors (Lipinski definition) is 3. The van der Waals surface area contributed by atoms with Crippen LogP contribution in [0.2, 0.25) is 0 Å². The molecule has 0 radical (unpaired) electrons. The molecule has 5 nitrogen and oxygen atoms in total. The van der Waals surface area contributed by atoms with Crippen LogP contribution in [0.4, 0.5) is 4.39 Å². The maximum atomic E-state index is 13.5. The third-order valence-electron chi connectivity index (χ3n) is 3.57. The fourth-order valence-corrected chi connectivity index (χ4v) is 2.36. The number of aromatic nitrogens is 2. The van der Waals surface area contributed by atoms with Gasteiger partial charge in [0.2, 0.25) is 5.69 Å². The van der Waals surface area contributed by atoms with E-state index in [2.05, 4.69) is 10.6 Å². The molecule has 0 saturated heterocycles. The molecule has 1 heterocycles. The van der Waals surface area contributed by atoms with E-state index in [1.54, 1.807) is 16.8 Å². The summed E-state index contributed by atoms with van der Waals surface area (Å²) in [6.45, 7) is 0.884. The highest BCUT2D eigenvalue weighted by molar-refractivity contribution is 5.21. The highest BCUT2D eigenvalue weighted by Crippen LogP contribution is 2.06. The number of aromatic amines is 1. The Morgan fingerprint density at radius 2 is 1.83 bits per heavy atom. The molecule has 0 aliphatic rings. The number of H-pyrrole nitrogens is 1. The van der Waals surface area contributed by atoms with E-state index in [1.807, 2.05) is 36.4 Å². The average Bonchev–Trinajstić information content (AvgIpc) is 2.95. The minimum Gasteiger partial charge on any atom is -0.307 e. The molecule has 1 aromatic heterocycles. The molecule has 6 heteroatoms. The Balaban J connectivity index is 1.64. The lowest BCUT2D eigenvalue weighted by Crippen LogP contribution is -2.41. The standard InChI is InChI=1S/C17H16FN3O2/c18-15-9-5-4-6-13(15)10-11-19-12-16-17(22)23-20-21(16)14-7-2-1-3-8-14/h1-9,19H,10-12H2/p+1. The van der Waals surface area contributed by atoms with Gasteiger partial charge in [0.05, 0.1) is 6.54 Å². The van der Waals surface area contributed by atoms with Crippen molar-refractivity contribution in [3.05, 3.63) is 82.1 Å². The minimum atomic E-state index is -0.424. The van der Waals surface area contributed by atoms with Gasteiger partial charge in [0.1, 0.15) is 5.82 Å². The van der Waals surface area contributed by atoms with E-state index in [9.17, 15) is 9.18 Å². The number of para-hydroxylation sites is 1. The molecule has 0 saturated carbocycles. The largest absolute Gasteiger partial charge is 0.431 e. The molecule has 2 aromatic carbocycles. The number of benzene rings is 2. The van der Waals surface area contributed by atoms with Crippen LogP contribution in [0.15, 0.2) is 63.9 Å². The molecule has 3 rings (SSSR count). The zero-order valence-electron chi connectivity index (χ0n) is 12.5. The van der Waals surface area contributed by atoms with Gasteiger partial charge in [0, 0.05) is 12.1 Å². The Morgan fingerprint density at radius 3 is 2.61 bits per heavy atom. The van der Waals surface area contributed by atoms with Crippen molar-refractivity contribution in [3.8, 4) is 5.69 Å². The first-order chi connectivity index (χ1) is 11.3. The molecule has 23 heavy (non-hydrogen) atoms. The third-order valence-corrected chi connectivity index (χ3v) is 3.57. The second kappa shape index (κ2) is 7.02. The van der Waals surface area contributed by atoms with E-state index in [-0.39, 0.29) is 5.82 Å². The third kappa shape index (κ3) is 3.54. The molecular weight excluding hydrogens is 297 g/mol. The van der Waals surface area contributed by atoms with E-state index in [0.29, 0.717) is 30.8 Å². The number of halogens is 1. The van der Waals surface area contributed by atoms with Crippen LogP contribution < -0.4 is 15.6 Å². The maximum Gasteiger partial charge on any atom is 0.431 e. The Kier molecular flexibility index (Phi) is 4.63. The van der Waals surface area contributed by atoms with E-state index in [4.69, 9.17) is 4.52 Å². The molecule has 0 aliphatic heterocycles. The molecule has 0 bridgehead atoms. The first kappa shape index (κ1) is 15.2. The number of hydrogen-bond donors (Lipinski definition) is 2. The average molecular weight is 314 g/mol. The summed E-state index contributed by atoms with van der Waals surface area (Å²) < 4.78 is 20.0. The van der Waals surface area contributed by atoms with Crippen LogP contribution in [-0.4, -0.2) is 11.8 Å². The Hall–Kier alpha value is -2.73. The van der Waals surface area contributed by atoms with Gasteiger partial charge in [-0.25, -0.2) is 9.18 Å². The van der Waals surface area contributed by atoms with Crippen molar-refractivity contribution in [2.45, 2.75) is 13.0 Å². The predicted molar refractivity (Wildman–Crippen MR) is 82.7 cm³/mol. The Morgan fingerprint density at radius 1 is 1.09 bits per heavy atom. The highest BCUT2D eigenvalue weighted by atomic mass is 19.1. The van der Waals surface area contributed by atoms with Crippen molar-refractivity contribution in [3.63, 3.8) is 0 Å². The topological polar surface area (TPSA) is 61.9 Å². The zero-order valence-corrected chi connectivity index (χ0v) is 12.5. The monoisotopic (exact) mass is 314 g/mol. The van der Waals surface area contributed by atoms with Gasteiger partial charge in [0.15, 0.2) is 0 Å². The molecule has 0 fully saturated rings. The number of nitrogens with zero attached hydrogens (tertiary/aromatic N) is 1. The van der Waals surface area contributed by atoms with Crippen LogP contribution >= 0.6 is 0 Å². The maximum absolute atomic E-state index is 13.5. The summed E-state index contributed by atoms with van der Waals surface area (Å²) in [6, 6.07) is 16.1. The van der Waals surface area contributed by atoms with Crippen LogP contribution in [-0.2, 0) is 13.0 Å². The summed E-state index contributed by atoms with van der Waals surface area (Å²) in [5.41, 5.74) is 1.50. The fourth-order valence-electron chi connectivity index (χ4n) is 2.36. The van der Waals surface area contributed by atoms with Crippen molar-refractivity contribution in [2.24, 2.45) is 0 Å². The molecule has 2 N–H and O–H groups in total. The molecular formula is C17H17FN3O2+. The smallest absolute Gasteiger partial charge is 0.307 e. The fraction of sp³-hybridized carbons (Fsp3) is 0.176. The van der Waals surface area contributed by atoms with E-state index in [1.165, 1.54) is 6.07 Å². The Bertz CT molecular complexity index is 827. The zero-order chi connectivity index (χ0) is 16.1. The quantitative estimate of drug-likeness (QED) is 0.538. The van der Waals surface area contributed by atoms with Crippen LogP contribution in [0.1, 0.15) is 11.3 Å². The lowest BCUT2D eigenvalue weighted by atomic mass is 10.1. The summed E-state index contributed by atoms with van der Waals surface area (Å²) in [7, 11) is 0. The predicted octanol–water partition coefficient (Wildman–Crippen LogP) is 1.72. The van der Waals surface area contributed by atoms with Crippen LogP contribution in [0.3, 0.4) is 0 Å². The summed E-state index contributed by atoms with van der Waals surface area (Å²) in [4.78, 5) is 11.8. The number of rotatable bonds is 6. The molecule has 0 atom stereocenters. The van der Waals surface area contributed by atoms with Gasteiger partial charge in [-0.2, -0.15) is 0 Å². The van der Waals surface area contributed by atoms with E-state index < -0.39 is 5.63 Å². The van der Waals surface area contributed by atoms with Crippen molar-refractivity contribution in [1.82, 2.24) is 10.6 Å². The van der Waals surface area contributed by atoms with Crippen molar-refractivity contribution in [2.75, 3.05) is 6.54 Å². The highest BCUT2D eigenvalue weighted by Gasteiger charge is 2.22. The number of nitrogens with one attached hydrogen (secondary N) is 2. The van der Waals surface area contributed by atoms with Gasteiger partial charge in [0.25, 0.3) is 0 Å². The Labute approximate surface area is 132 Å². The van der Waals surface area contributed by atoms with Gasteiger partial charge in [-0.3, -0.25) is 4.52 Å². The van der Waals surface area contributed by atoms with Gasteiger partial charge in [-0.05, 0) is 34.5 Å². The summed E-state index contributed by atoms with van der Waals surface area (Å²) in [5.74, 6) is -0.213. The van der Waals surface area contributed by atoms with E-state index in [0.717, 1.165) is 5.69 Å². The SMILES string of the molecule is O=c1o[nH][n+](-c2ccccc2)c1CNCCc1ccccc1F. The van der Waals surface area contributed by atoms with Gasteiger partial charge < -0.3 is 5.32 Å². The summed E-state index contributed by atoms with van der Waals surface area (Å²) in [6.07, 6.45) is 0.549.